The summed E-state index contributed by atoms with van der Waals surface area (Å²) in [5, 5.41) is 6.51. The van der Waals surface area contributed by atoms with Crippen LogP contribution in [0.25, 0.3) is 0 Å². The number of H-pyrrole nitrogens is 1. The van der Waals surface area contributed by atoms with Crippen LogP contribution in [-0.4, -0.2) is 65.4 Å². The third kappa shape index (κ3) is 3.15. The van der Waals surface area contributed by atoms with Crippen LogP contribution in [0.15, 0.2) is 23.5 Å². The molecule has 24 heavy (non-hydrogen) atoms. The molecule has 3 rings (SSSR count). The molecule has 0 aliphatic carbocycles. The van der Waals surface area contributed by atoms with Crippen LogP contribution in [0.4, 0.5) is 0 Å². The molecular formula is C14H17N5O4S. The van der Waals surface area contributed by atoms with Crippen LogP contribution in [-0.2, 0) is 14.6 Å². The number of aromatic nitrogens is 4. The van der Waals surface area contributed by atoms with E-state index in [2.05, 4.69) is 20.2 Å². The number of carbonyl (C=O) groups is 1. The van der Waals surface area contributed by atoms with Crippen molar-refractivity contribution in [3.63, 3.8) is 0 Å². The van der Waals surface area contributed by atoms with E-state index in [-0.39, 0.29) is 17.4 Å². The van der Waals surface area contributed by atoms with Crippen LogP contribution in [0, 0.1) is 6.92 Å². The first kappa shape index (κ1) is 16.5. The quantitative estimate of drug-likeness (QED) is 0.834. The van der Waals surface area contributed by atoms with Crippen LogP contribution in [0.5, 0.6) is 0 Å². The predicted octanol–water partition coefficient (Wildman–Crippen LogP) is 0.125. The van der Waals surface area contributed by atoms with Gasteiger partial charge < -0.3 is 9.64 Å². The molecule has 0 radical (unpaired) electrons. The van der Waals surface area contributed by atoms with E-state index in [4.69, 9.17) is 4.74 Å². The highest BCUT2D eigenvalue weighted by Gasteiger charge is 2.34. The van der Waals surface area contributed by atoms with E-state index in [0.717, 1.165) is 6.26 Å². The fourth-order valence-electron chi connectivity index (χ4n) is 2.57. The lowest BCUT2D eigenvalue weighted by atomic mass is 10.1. The number of aromatic amines is 1. The Hall–Kier alpha value is -2.33. The van der Waals surface area contributed by atoms with Crippen LogP contribution >= 0.6 is 0 Å². The summed E-state index contributed by atoms with van der Waals surface area (Å²) < 4.78 is 29.3. The van der Waals surface area contributed by atoms with Gasteiger partial charge in [-0.15, -0.1) is 0 Å². The van der Waals surface area contributed by atoms with Gasteiger partial charge in [0.2, 0.25) is 0 Å². The molecule has 1 fully saturated rings. The Morgan fingerprint density at radius 3 is 2.71 bits per heavy atom. The molecule has 128 valence electrons. The molecule has 1 N–H and O–H groups in total. The van der Waals surface area contributed by atoms with Gasteiger partial charge in [-0.25, -0.2) is 18.4 Å². The predicted molar refractivity (Wildman–Crippen MR) is 83.1 cm³/mol. The summed E-state index contributed by atoms with van der Waals surface area (Å²) in [6, 6.07) is -0.570. The number of aryl methyl sites for hydroxylation is 1. The zero-order valence-electron chi connectivity index (χ0n) is 13.3. The standard InChI is InChI=1S/C14H17N5O4S/c1-9-15-5-10(6-16-9)14(20)19-3-4-23-8-11(19)13-12(7-17-18-13)24(2,21)22/h5-7,11H,3-4,8H2,1-2H3,(H,17,18)/t11-/m0/s1. The zero-order chi connectivity index (χ0) is 17.3. The second kappa shape index (κ2) is 6.29. The number of carbonyl (C=O) groups excluding carboxylic acids is 1. The van der Waals surface area contributed by atoms with Crippen LogP contribution in [0.2, 0.25) is 0 Å². The fraction of sp³-hybridized carbons (Fsp3) is 0.429. The third-order valence-electron chi connectivity index (χ3n) is 3.78. The number of hydrogen-bond acceptors (Lipinski definition) is 7. The van der Waals surface area contributed by atoms with Crippen molar-refractivity contribution in [2.75, 3.05) is 26.0 Å². The summed E-state index contributed by atoms with van der Waals surface area (Å²) >= 11 is 0. The molecule has 1 saturated heterocycles. The summed E-state index contributed by atoms with van der Waals surface area (Å²) in [5.41, 5.74) is 0.687. The first-order valence-corrected chi connectivity index (χ1v) is 9.17. The number of amides is 1. The number of sulfone groups is 1. The number of ether oxygens (including phenoxy) is 1. The molecule has 0 saturated carbocycles. The van der Waals surface area contributed by atoms with Crippen molar-refractivity contribution in [1.82, 2.24) is 25.1 Å². The first-order chi connectivity index (χ1) is 11.4. The Bertz CT molecular complexity index is 846. The number of hydrogen-bond donors (Lipinski definition) is 1. The number of rotatable bonds is 3. The van der Waals surface area contributed by atoms with Crippen LogP contribution in [0.3, 0.4) is 0 Å². The normalized spacial score (nSPS) is 18.6. The Balaban J connectivity index is 1.96. The molecule has 9 nitrogen and oxygen atoms in total. The van der Waals surface area contributed by atoms with Crippen LogP contribution in [0.1, 0.15) is 27.9 Å². The van der Waals surface area contributed by atoms with E-state index in [1.165, 1.54) is 18.6 Å². The van der Waals surface area contributed by atoms with Gasteiger partial charge in [0.15, 0.2) is 9.84 Å². The van der Waals surface area contributed by atoms with E-state index in [1.807, 2.05) is 0 Å². The maximum absolute atomic E-state index is 12.8. The second-order valence-corrected chi connectivity index (χ2v) is 7.51. The molecule has 3 heterocycles. The molecular weight excluding hydrogens is 334 g/mol. The molecule has 2 aromatic heterocycles. The largest absolute Gasteiger partial charge is 0.377 e. The highest BCUT2D eigenvalue weighted by Crippen LogP contribution is 2.28. The van der Waals surface area contributed by atoms with E-state index in [1.54, 1.807) is 11.8 Å². The smallest absolute Gasteiger partial charge is 0.257 e. The van der Waals surface area contributed by atoms with Crippen molar-refractivity contribution in [1.29, 1.82) is 0 Å². The fourth-order valence-corrected chi connectivity index (χ4v) is 3.40. The summed E-state index contributed by atoms with van der Waals surface area (Å²) in [6.45, 7) is 2.62. The monoisotopic (exact) mass is 351 g/mol. The van der Waals surface area contributed by atoms with Gasteiger partial charge in [-0.3, -0.25) is 9.89 Å². The van der Waals surface area contributed by atoms with Gasteiger partial charge >= 0.3 is 0 Å². The zero-order valence-corrected chi connectivity index (χ0v) is 14.1. The molecule has 0 aromatic carbocycles. The third-order valence-corrected chi connectivity index (χ3v) is 4.91. The number of nitrogens with zero attached hydrogens (tertiary/aromatic N) is 4. The van der Waals surface area contributed by atoms with Crippen molar-refractivity contribution in [2.45, 2.75) is 17.9 Å². The topological polar surface area (TPSA) is 118 Å². The summed E-state index contributed by atoms with van der Waals surface area (Å²) in [7, 11) is -3.47. The van der Waals surface area contributed by atoms with E-state index in [9.17, 15) is 13.2 Å². The number of morpholine rings is 1. The second-order valence-electron chi connectivity index (χ2n) is 5.53. The molecule has 0 unspecified atom stereocenters. The van der Waals surface area contributed by atoms with Crippen molar-refractivity contribution >= 4 is 15.7 Å². The minimum absolute atomic E-state index is 0.0657. The van der Waals surface area contributed by atoms with E-state index in [0.29, 0.717) is 30.2 Å². The average Bonchev–Trinajstić information content (AvgIpc) is 3.05. The lowest BCUT2D eigenvalue weighted by molar-refractivity contribution is -0.00473. The average molecular weight is 351 g/mol. The Labute approximate surface area is 139 Å². The van der Waals surface area contributed by atoms with Gasteiger partial charge in [-0.1, -0.05) is 0 Å². The number of nitrogens with one attached hydrogen (secondary N) is 1. The lowest BCUT2D eigenvalue weighted by Gasteiger charge is -2.35. The van der Waals surface area contributed by atoms with Gasteiger partial charge in [0, 0.05) is 25.2 Å². The van der Waals surface area contributed by atoms with Gasteiger partial charge in [0.05, 0.1) is 36.7 Å². The van der Waals surface area contributed by atoms with Crippen molar-refractivity contribution < 1.29 is 17.9 Å². The molecule has 0 spiro atoms. The Kier molecular flexibility index (Phi) is 4.33. The molecule has 1 aliphatic rings. The van der Waals surface area contributed by atoms with Crippen molar-refractivity contribution in [3.05, 3.63) is 35.7 Å². The van der Waals surface area contributed by atoms with E-state index >= 15 is 0 Å². The maximum atomic E-state index is 12.8. The SMILES string of the molecule is Cc1ncc(C(=O)N2CCOC[C@H]2c2[nH]ncc2S(C)(=O)=O)cn1. The Morgan fingerprint density at radius 2 is 2.04 bits per heavy atom. The molecule has 1 amide bonds. The minimum Gasteiger partial charge on any atom is -0.377 e. The van der Waals surface area contributed by atoms with Gasteiger partial charge in [0.25, 0.3) is 5.91 Å². The van der Waals surface area contributed by atoms with Gasteiger partial charge in [0.1, 0.15) is 10.7 Å². The molecule has 0 bridgehead atoms. The molecule has 2 aromatic rings. The van der Waals surface area contributed by atoms with Crippen molar-refractivity contribution in [2.24, 2.45) is 0 Å². The van der Waals surface area contributed by atoms with E-state index < -0.39 is 15.9 Å². The summed E-state index contributed by atoms with van der Waals surface area (Å²) in [6.07, 6.45) is 5.27. The molecule has 1 aliphatic heterocycles. The van der Waals surface area contributed by atoms with Crippen LogP contribution < -0.4 is 0 Å². The highest BCUT2D eigenvalue weighted by atomic mass is 32.2. The Morgan fingerprint density at radius 1 is 1.33 bits per heavy atom. The molecule has 10 heteroatoms. The summed E-state index contributed by atoms with van der Waals surface area (Å²) in [4.78, 5) is 22.5. The lowest BCUT2D eigenvalue weighted by Crippen LogP contribution is -2.44. The van der Waals surface area contributed by atoms with Crippen molar-refractivity contribution in [3.8, 4) is 0 Å². The van der Waals surface area contributed by atoms with Gasteiger partial charge in [-0.2, -0.15) is 5.10 Å². The highest BCUT2D eigenvalue weighted by molar-refractivity contribution is 7.90. The first-order valence-electron chi connectivity index (χ1n) is 7.28. The van der Waals surface area contributed by atoms with Gasteiger partial charge in [-0.05, 0) is 6.92 Å². The minimum atomic E-state index is -3.47. The maximum Gasteiger partial charge on any atom is 0.257 e. The molecule has 1 atom stereocenters. The summed E-state index contributed by atoms with van der Waals surface area (Å²) in [5.74, 6) is 0.287.